The third-order valence-electron chi connectivity index (χ3n) is 4.56. The van der Waals surface area contributed by atoms with Gasteiger partial charge in [-0.05, 0) is 55.5 Å². The topological polar surface area (TPSA) is 32.3 Å². The molecule has 0 unspecified atom stereocenters. The van der Waals surface area contributed by atoms with Gasteiger partial charge in [-0.3, -0.25) is 4.79 Å². The number of benzene rings is 2. The quantitative estimate of drug-likeness (QED) is 0.923. The van der Waals surface area contributed by atoms with Gasteiger partial charge in [0.25, 0.3) is 0 Å². The molecule has 120 valence electrons. The zero-order chi connectivity index (χ0) is 16.2. The van der Waals surface area contributed by atoms with E-state index in [2.05, 4.69) is 42.3 Å². The predicted molar refractivity (Wildman–Crippen MR) is 96.1 cm³/mol. The number of nitrogens with zero attached hydrogens (tertiary/aromatic N) is 1. The number of nitrogens with one attached hydrogen (secondary N) is 1. The maximum absolute atomic E-state index is 12.4. The van der Waals surface area contributed by atoms with Crippen molar-refractivity contribution in [2.75, 3.05) is 23.3 Å². The number of anilines is 2. The highest BCUT2D eigenvalue weighted by atomic mass is 16.1. The van der Waals surface area contributed by atoms with Crippen molar-refractivity contribution >= 4 is 17.3 Å². The maximum atomic E-state index is 12.4. The Morgan fingerprint density at radius 1 is 1.04 bits per heavy atom. The average Bonchev–Trinajstić information content (AvgIpc) is 3.06. The number of amides is 1. The van der Waals surface area contributed by atoms with Gasteiger partial charge in [-0.1, -0.05) is 30.3 Å². The Kier molecular flexibility index (Phi) is 4.65. The Bertz CT molecular complexity index is 703. The lowest BCUT2D eigenvalue weighted by Crippen LogP contribution is -2.21. The summed E-state index contributed by atoms with van der Waals surface area (Å²) in [6.07, 6.45) is 2.87. The van der Waals surface area contributed by atoms with Gasteiger partial charge in [-0.2, -0.15) is 0 Å². The van der Waals surface area contributed by atoms with Gasteiger partial charge in [0.2, 0.25) is 5.91 Å². The van der Waals surface area contributed by atoms with Crippen LogP contribution in [0.15, 0.2) is 42.5 Å². The zero-order valence-electron chi connectivity index (χ0n) is 13.9. The van der Waals surface area contributed by atoms with Gasteiger partial charge in [0.1, 0.15) is 0 Å². The fourth-order valence-corrected chi connectivity index (χ4v) is 3.11. The minimum atomic E-state index is 0.0416. The Morgan fingerprint density at radius 3 is 2.52 bits per heavy atom. The second-order valence-corrected chi connectivity index (χ2v) is 6.35. The number of hydrogen-bond acceptors (Lipinski definition) is 2. The van der Waals surface area contributed by atoms with E-state index in [0.717, 1.165) is 30.0 Å². The highest BCUT2D eigenvalue weighted by molar-refractivity contribution is 5.95. The number of hydrogen-bond donors (Lipinski definition) is 1. The third kappa shape index (κ3) is 3.73. The van der Waals surface area contributed by atoms with Crippen LogP contribution in [0.3, 0.4) is 0 Å². The molecule has 0 atom stereocenters. The van der Waals surface area contributed by atoms with Gasteiger partial charge in [-0.25, -0.2) is 0 Å². The first-order valence-electron chi connectivity index (χ1n) is 8.33. The summed E-state index contributed by atoms with van der Waals surface area (Å²) in [5, 5.41) is 3.09. The van der Waals surface area contributed by atoms with Crippen LogP contribution in [-0.2, 0) is 11.2 Å². The van der Waals surface area contributed by atoms with E-state index in [9.17, 15) is 4.79 Å². The molecule has 1 fully saturated rings. The number of carbonyl (C=O) groups is 1. The summed E-state index contributed by atoms with van der Waals surface area (Å²) in [6.45, 7) is 6.32. The average molecular weight is 308 g/mol. The molecule has 0 aromatic heterocycles. The van der Waals surface area contributed by atoms with Gasteiger partial charge >= 0.3 is 0 Å². The van der Waals surface area contributed by atoms with Crippen molar-refractivity contribution in [1.82, 2.24) is 0 Å². The normalized spacial score (nSPS) is 14.1. The first kappa shape index (κ1) is 15.6. The first-order valence-corrected chi connectivity index (χ1v) is 8.33. The molecule has 0 bridgehead atoms. The lowest BCUT2D eigenvalue weighted by Gasteiger charge is -2.21. The molecule has 2 aromatic carbocycles. The first-order chi connectivity index (χ1) is 11.1. The van der Waals surface area contributed by atoms with Crippen LogP contribution >= 0.6 is 0 Å². The molecule has 1 amide bonds. The Balaban J connectivity index is 1.71. The molecule has 0 aliphatic carbocycles. The maximum Gasteiger partial charge on any atom is 0.228 e. The van der Waals surface area contributed by atoms with E-state index in [1.54, 1.807) is 0 Å². The standard InChI is InChI=1S/C20H24N2O/c1-15-9-10-17(13-16(15)2)14-20(23)21-18-7-3-4-8-19(18)22-11-5-6-12-22/h3-4,7-10,13H,5-6,11-12,14H2,1-2H3,(H,21,23). The molecule has 1 saturated heterocycles. The van der Waals surface area contributed by atoms with Crippen LogP contribution in [-0.4, -0.2) is 19.0 Å². The highest BCUT2D eigenvalue weighted by Gasteiger charge is 2.16. The minimum absolute atomic E-state index is 0.0416. The van der Waals surface area contributed by atoms with Crippen LogP contribution in [0.25, 0.3) is 0 Å². The van der Waals surface area contributed by atoms with E-state index in [4.69, 9.17) is 0 Å². The molecule has 1 N–H and O–H groups in total. The summed E-state index contributed by atoms with van der Waals surface area (Å²) in [5.74, 6) is 0.0416. The van der Waals surface area contributed by atoms with Gasteiger partial charge in [0, 0.05) is 13.1 Å². The predicted octanol–water partition coefficient (Wildman–Crippen LogP) is 4.08. The van der Waals surface area contributed by atoms with Crippen molar-refractivity contribution in [3.05, 3.63) is 59.2 Å². The molecule has 3 rings (SSSR count). The van der Waals surface area contributed by atoms with Crippen LogP contribution in [0, 0.1) is 13.8 Å². The van der Waals surface area contributed by atoms with Crippen LogP contribution in [0.5, 0.6) is 0 Å². The molecular formula is C20H24N2O. The van der Waals surface area contributed by atoms with Gasteiger partial charge in [-0.15, -0.1) is 0 Å². The van der Waals surface area contributed by atoms with Crippen molar-refractivity contribution in [3.8, 4) is 0 Å². The van der Waals surface area contributed by atoms with Crippen molar-refractivity contribution in [2.45, 2.75) is 33.1 Å². The molecular weight excluding hydrogens is 284 g/mol. The summed E-state index contributed by atoms with van der Waals surface area (Å²) in [5.41, 5.74) is 5.60. The van der Waals surface area contributed by atoms with Crippen molar-refractivity contribution in [2.24, 2.45) is 0 Å². The fraction of sp³-hybridized carbons (Fsp3) is 0.350. The fourth-order valence-electron chi connectivity index (χ4n) is 3.11. The van der Waals surface area contributed by atoms with Crippen LogP contribution in [0.4, 0.5) is 11.4 Å². The summed E-state index contributed by atoms with van der Waals surface area (Å²) in [4.78, 5) is 14.8. The van der Waals surface area contributed by atoms with Gasteiger partial charge < -0.3 is 10.2 Å². The Morgan fingerprint density at radius 2 is 1.78 bits per heavy atom. The van der Waals surface area contributed by atoms with E-state index >= 15 is 0 Å². The molecule has 0 radical (unpaired) electrons. The number of rotatable bonds is 4. The second-order valence-electron chi connectivity index (χ2n) is 6.35. The Hall–Kier alpha value is -2.29. The summed E-state index contributed by atoms with van der Waals surface area (Å²) >= 11 is 0. The van der Waals surface area contributed by atoms with E-state index in [1.165, 1.54) is 24.0 Å². The van der Waals surface area contributed by atoms with E-state index in [1.807, 2.05) is 24.3 Å². The van der Waals surface area contributed by atoms with Gasteiger partial charge in [0.05, 0.1) is 17.8 Å². The molecule has 0 saturated carbocycles. The smallest absolute Gasteiger partial charge is 0.228 e. The molecule has 0 spiro atoms. The summed E-state index contributed by atoms with van der Waals surface area (Å²) in [6, 6.07) is 14.3. The van der Waals surface area contributed by atoms with Crippen LogP contribution in [0.2, 0.25) is 0 Å². The van der Waals surface area contributed by atoms with E-state index in [-0.39, 0.29) is 5.91 Å². The van der Waals surface area contributed by atoms with Crippen molar-refractivity contribution < 1.29 is 4.79 Å². The SMILES string of the molecule is Cc1ccc(CC(=O)Nc2ccccc2N2CCCC2)cc1C. The molecule has 23 heavy (non-hydrogen) atoms. The monoisotopic (exact) mass is 308 g/mol. The minimum Gasteiger partial charge on any atom is -0.370 e. The number of para-hydroxylation sites is 2. The van der Waals surface area contributed by atoms with E-state index in [0.29, 0.717) is 6.42 Å². The number of carbonyl (C=O) groups excluding carboxylic acids is 1. The lowest BCUT2D eigenvalue weighted by molar-refractivity contribution is -0.115. The molecule has 1 aliphatic heterocycles. The van der Waals surface area contributed by atoms with Gasteiger partial charge in [0.15, 0.2) is 0 Å². The summed E-state index contributed by atoms with van der Waals surface area (Å²) in [7, 11) is 0. The number of aryl methyl sites for hydroxylation is 2. The third-order valence-corrected chi connectivity index (χ3v) is 4.56. The van der Waals surface area contributed by atoms with Crippen molar-refractivity contribution in [3.63, 3.8) is 0 Å². The van der Waals surface area contributed by atoms with Crippen molar-refractivity contribution in [1.29, 1.82) is 0 Å². The Labute approximate surface area is 138 Å². The van der Waals surface area contributed by atoms with E-state index < -0.39 is 0 Å². The summed E-state index contributed by atoms with van der Waals surface area (Å²) < 4.78 is 0. The second kappa shape index (κ2) is 6.86. The highest BCUT2D eigenvalue weighted by Crippen LogP contribution is 2.28. The van der Waals surface area contributed by atoms with Crippen LogP contribution in [0.1, 0.15) is 29.5 Å². The molecule has 2 aromatic rings. The van der Waals surface area contributed by atoms with Crippen LogP contribution < -0.4 is 10.2 Å². The molecule has 1 aliphatic rings. The largest absolute Gasteiger partial charge is 0.370 e. The molecule has 3 nitrogen and oxygen atoms in total. The lowest BCUT2D eigenvalue weighted by atomic mass is 10.0. The molecule has 1 heterocycles. The molecule has 3 heteroatoms. The zero-order valence-corrected chi connectivity index (χ0v) is 13.9.